The molecule has 1 atom stereocenters. The first-order valence-corrected chi connectivity index (χ1v) is 11.5. The van der Waals surface area contributed by atoms with Crippen LogP contribution in [0.1, 0.15) is 29.5 Å². The number of hydrogen-bond donors (Lipinski definition) is 5. The van der Waals surface area contributed by atoms with Crippen molar-refractivity contribution in [3.63, 3.8) is 0 Å². The summed E-state index contributed by atoms with van der Waals surface area (Å²) in [5.74, 6) is -1.01. The number of aliphatic imine (C=N–C) groups is 1. The van der Waals surface area contributed by atoms with Crippen LogP contribution in [-0.4, -0.2) is 41.3 Å². The molecule has 9 N–H and O–H groups in total. The average Bonchev–Trinajstić information content (AvgIpc) is 2.79. The molecule has 0 radical (unpaired) electrons. The molecule has 0 aliphatic rings. The number of primary amides is 2. The average molecular weight is 522 g/mol. The maximum atomic E-state index is 13.4. The number of nitrogens with one attached hydrogen (secondary N) is 1. The molecule has 0 unspecified atom stereocenters. The minimum Gasteiger partial charge on any atom is -0.370 e. The van der Waals surface area contributed by atoms with Crippen molar-refractivity contribution in [3.05, 3.63) is 69.2 Å². The molecule has 0 aromatic heterocycles. The van der Waals surface area contributed by atoms with Crippen LogP contribution in [0.4, 0.5) is 4.79 Å². The quantitative estimate of drug-likeness (QED) is 0.161. The molecule has 0 aliphatic carbocycles. The smallest absolute Gasteiger partial charge is 0.312 e. The number of guanidine groups is 1. The lowest BCUT2D eigenvalue weighted by Crippen LogP contribution is -2.48. The van der Waals surface area contributed by atoms with E-state index in [1.807, 2.05) is 0 Å². The lowest BCUT2D eigenvalue weighted by atomic mass is 10.0. The Hall–Kier alpha value is -3.50. The van der Waals surface area contributed by atoms with E-state index in [2.05, 4.69) is 10.3 Å². The molecule has 4 amide bonds. The SMILES string of the molecule is NC(=O)NCc1ccc(CN(C(=O)Cc2ccc(Cl)c(Cl)c2)[C@H](CCCN=C(N)N)C(N)=O)cc1. The molecule has 0 spiro atoms. The van der Waals surface area contributed by atoms with Crippen molar-refractivity contribution in [2.45, 2.75) is 38.4 Å². The van der Waals surface area contributed by atoms with Crippen LogP contribution >= 0.6 is 23.2 Å². The van der Waals surface area contributed by atoms with Gasteiger partial charge < -0.3 is 33.2 Å². The van der Waals surface area contributed by atoms with E-state index >= 15 is 0 Å². The highest BCUT2D eigenvalue weighted by atomic mass is 35.5. The first kappa shape index (κ1) is 27.7. The van der Waals surface area contributed by atoms with Crippen molar-refractivity contribution >= 4 is 47.0 Å². The maximum Gasteiger partial charge on any atom is 0.312 e. The van der Waals surface area contributed by atoms with Crippen LogP contribution in [0.25, 0.3) is 0 Å². The normalized spacial score (nSPS) is 11.4. The summed E-state index contributed by atoms with van der Waals surface area (Å²) in [5.41, 5.74) is 23.8. The third-order valence-electron chi connectivity index (χ3n) is 5.14. The second-order valence-electron chi connectivity index (χ2n) is 7.85. The van der Waals surface area contributed by atoms with Gasteiger partial charge in [-0.15, -0.1) is 0 Å². The molecule has 0 aliphatic heterocycles. The Bertz CT molecular complexity index is 1070. The van der Waals surface area contributed by atoms with Crippen molar-refractivity contribution < 1.29 is 14.4 Å². The van der Waals surface area contributed by atoms with E-state index in [0.717, 1.165) is 11.1 Å². The fourth-order valence-corrected chi connectivity index (χ4v) is 3.71. The zero-order valence-corrected chi connectivity index (χ0v) is 20.6. The molecule has 2 rings (SSSR count). The lowest BCUT2D eigenvalue weighted by Gasteiger charge is -2.30. The van der Waals surface area contributed by atoms with Crippen molar-refractivity contribution in [2.75, 3.05) is 6.54 Å². The van der Waals surface area contributed by atoms with Crippen LogP contribution in [-0.2, 0) is 29.1 Å². The van der Waals surface area contributed by atoms with Crippen LogP contribution in [0.5, 0.6) is 0 Å². The highest BCUT2D eigenvalue weighted by Gasteiger charge is 2.28. The van der Waals surface area contributed by atoms with Crippen LogP contribution in [0.15, 0.2) is 47.5 Å². The van der Waals surface area contributed by atoms with Crippen LogP contribution in [0, 0.1) is 0 Å². The van der Waals surface area contributed by atoms with E-state index < -0.39 is 18.0 Å². The Labute approximate surface area is 213 Å². The second-order valence-corrected chi connectivity index (χ2v) is 8.66. The van der Waals surface area contributed by atoms with Crippen molar-refractivity contribution in [1.29, 1.82) is 0 Å². The van der Waals surface area contributed by atoms with Gasteiger partial charge in [0, 0.05) is 19.6 Å². The van der Waals surface area contributed by atoms with Crippen molar-refractivity contribution in [2.24, 2.45) is 27.9 Å². The van der Waals surface area contributed by atoms with Crippen LogP contribution < -0.4 is 28.3 Å². The summed E-state index contributed by atoms with van der Waals surface area (Å²) in [7, 11) is 0. The van der Waals surface area contributed by atoms with Gasteiger partial charge in [0.1, 0.15) is 6.04 Å². The number of nitrogens with zero attached hydrogens (tertiary/aromatic N) is 2. The Kier molecular flexibility index (Phi) is 10.6. The standard InChI is InChI=1S/C23H29Cl2N7O3/c24-17-8-7-16(10-18(17)25)11-20(33)32(19(21(26)34)2-1-9-30-22(27)28)13-15-5-3-14(4-6-15)12-31-23(29)35/h3-8,10,19H,1-2,9,11-13H2,(H2,26,34)(H4,27,28,30)(H3,29,31,35)/t19-/m1/s1. The van der Waals surface area contributed by atoms with Gasteiger partial charge in [0.25, 0.3) is 0 Å². The van der Waals surface area contributed by atoms with Gasteiger partial charge in [0.2, 0.25) is 11.8 Å². The molecule has 188 valence electrons. The zero-order chi connectivity index (χ0) is 26.0. The summed E-state index contributed by atoms with van der Waals surface area (Å²) in [5, 5.41) is 3.21. The van der Waals surface area contributed by atoms with E-state index in [9.17, 15) is 14.4 Å². The number of nitrogens with two attached hydrogens (primary N) is 4. The van der Waals surface area contributed by atoms with E-state index in [0.29, 0.717) is 28.6 Å². The molecule has 2 aromatic rings. The van der Waals surface area contributed by atoms with Gasteiger partial charge in [-0.3, -0.25) is 14.6 Å². The van der Waals surface area contributed by atoms with E-state index in [1.54, 1.807) is 42.5 Å². The first-order chi connectivity index (χ1) is 16.6. The first-order valence-electron chi connectivity index (χ1n) is 10.8. The van der Waals surface area contributed by atoms with E-state index in [-0.39, 0.29) is 37.8 Å². The Morgan fingerprint density at radius 2 is 1.54 bits per heavy atom. The predicted molar refractivity (Wildman–Crippen MR) is 136 cm³/mol. The molecular weight excluding hydrogens is 493 g/mol. The summed E-state index contributed by atoms with van der Waals surface area (Å²) >= 11 is 12.1. The molecular formula is C23H29Cl2N7O3. The Morgan fingerprint density at radius 1 is 0.914 bits per heavy atom. The monoisotopic (exact) mass is 521 g/mol. The van der Waals surface area contributed by atoms with Gasteiger partial charge >= 0.3 is 6.03 Å². The van der Waals surface area contributed by atoms with Crippen LogP contribution in [0.2, 0.25) is 10.0 Å². The van der Waals surface area contributed by atoms with Crippen LogP contribution in [0.3, 0.4) is 0 Å². The molecule has 0 heterocycles. The molecule has 0 saturated heterocycles. The summed E-state index contributed by atoms with van der Waals surface area (Å²) in [6.07, 6.45) is 0.717. The predicted octanol–water partition coefficient (Wildman–Crippen LogP) is 1.64. The van der Waals surface area contributed by atoms with Gasteiger partial charge in [0.15, 0.2) is 5.96 Å². The van der Waals surface area contributed by atoms with Gasteiger partial charge in [-0.2, -0.15) is 0 Å². The molecule has 0 fully saturated rings. The van der Waals surface area contributed by atoms with Gasteiger partial charge in [-0.1, -0.05) is 53.5 Å². The number of benzene rings is 2. The number of urea groups is 1. The van der Waals surface area contributed by atoms with E-state index in [4.69, 9.17) is 46.1 Å². The zero-order valence-electron chi connectivity index (χ0n) is 19.0. The fourth-order valence-electron chi connectivity index (χ4n) is 3.39. The lowest BCUT2D eigenvalue weighted by molar-refractivity contribution is -0.139. The molecule has 35 heavy (non-hydrogen) atoms. The molecule has 12 heteroatoms. The van der Waals surface area contributed by atoms with E-state index in [1.165, 1.54) is 4.90 Å². The summed E-state index contributed by atoms with van der Waals surface area (Å²) in [6, 6.07) is 10.6. The Balaban J connectivity index is 2.25. The van der Waals surface area contributed by atoms with Gasteiger partial charge in [-0.25, -0.2) is 4.79 Å². The summed E-state index contributed by atoms with van der Waals surface area (Å²) < 4.78 is 0. The third-order valence-corrected chi connectivity index (χ3v) is 5.88. The minimum absolute atomic E-state index is 0.00478. The second kappa shape index (κ2) is 13.4. The topological polar surface area (TPSA) is 183 Å². The number of hydrogen-bond acceptors (Lipinski definition) is 4. The van der Waals surface area contributed by atoms with Crippen molar-refractivity contribution in [1.82, 2.24) is 10.2 Å². The highest BCUT2D eigenvalue weighted by Crippen LogP contribution is 2.24. The number of amides is 4. The minimum atomic E-state index is -0.879. The summed E-state index contributed by atoms with van der Waals surface area (Å²) in [4.78, 5) is 42.0. The maximum absolute atomic E-state index is 13.4. The number of carbonyl (C=O) groups is 3. The molecule has 10 nitrogen and oxygen atoms in total. The fraction of sp³-hybridized carbons (Fsp3) is 0.304. The van der Waals surface area contributed by atoms with Gasteiger partial charge in [-0.05, 0) is 41.7 Å². The molecule has 0 bridgehead atoms. The summed E-state index contributed by atoms with van der Waals surface area (Å²) in [6.45, 7) is 0.701. The molecule has 0 saturated carbocycles. The highest BCUT2D eigenvalue weighted by molar-refractivity contribution is 6.42. The van der Waals surface area contributed by atoms with Gasteiger partial charge in [0.05, 0.1) is 16.5 Å². The largest absolute Gasteiger partial charge is 0.370 e. The number of carbonyl (C=O) groups excluding carboxylic acids is 3. The number of halogens is 2. The molecule has 2 aromatic carbocycles. The van der Waals surface area contributed by atoms with Crippen molar-refractivity contribution in [3.8, 4) is 0 Å². The third kappa shape index (κ3) is 9.34. The number of rotatable bonds is 12. The Morgan fingerprint density at radius 3 is 2.11 bits per heavy atom.